The number of benzene rings is 5. The Morgan fingerprint density at radius 2 is 1.02 bits per heavy atom. The second kappa shape index (κ2) is 18.8. The maximum absolute atomic E-state index is 11.6. The molecule has 5 rings (SSSR count). The van der Waals surface area contributed by atoms with E-state index in [1.165, 1.54) is 38.1 Å². The van der Waals surface area contributed by atoms with Crippen molar-refractivity contribution >= 4 is 97.5 Å². The van der Waals surface area contributed by atoms with Gasteiger partial charge in [-0.15, -0.1) is 0 Å². The van der Waals surface area contributed by atoms with Crippen LogP contribution in [0.25, 0.3) is 11.1 Å². The highest BCUT2D eigenvalue weighted by molar-refractivity contribution is 9.10. The predicted molar refractivity (Wildman–Crippen MR) is 210 cm³/mol. The van der Waals surface area contributed by atoms with Crippen LogP contribution in [0.4, 0.5) is 11.4 Å². The van der Waals surface area contributed by atoms with Crippen molar-refractivity contribution < 1.29 is 38.9 Å². The monoisotopic (exact) mass is 860 g/mol. The predicted octanol–water partition coefficient (Wildman–Crippen LogP) is 11.2. The van der Waals surface area contributed by atoms with Crippen LogP contribution < -0.4 is 20.1 Å². The second-order valence-electron chi connectivity index (χ2n) is 11.2. The summed E-state index contributed by atoms with van der Waals surface area (Å²) < 4.78 is 12.2. The number of hydrogen-bond donors (Lipinski definition) is 4. The number of nitrogens with one attached hydrogen (secondary N) is 2. The van der Waals surface area contributed by atoms with E-state index < -0.39 is 11.9 Å². The highest BCUT2D eigenvalue weighted by Gasteiger charge is 2.16. The highest BCUT2D eigenvalue weighted by Crippen LogP contribution is 2.41. The molecule has 2 amide bonds. The fourth-order valence-electron chi connectivity index (χ4n) is 4.80. The molecule has 0 aliphatic carbocycles. The largest absolute Gasteiger partial charge is 0.481 e. The molecule has 0 bridgehead atoms. The molecule has 0 atom stereocenters. The van der Waals surface area contributed by atoms with Gasteiger partial charge in [-0.05, 0) is 93.3 Å². The second-order valence-corrected chi connectivity index (χ2v) is 13.7. The van der Waals surface area contributed by atoms with Crippen LogP contribution in [0, 0.1) is 0 Å². The summed E-state index contributed by atoms with van der Waals surface area (Å²) in [6.07, 6.45) is -0.375. The van der Waals surface area contributed by atoms with E-state index in [-0.39, 0.29) is 56.2 Å². The SMILES string of the molecule is CC(=O)Nc1ccc(Oc2c(Cl)cc(CC(=O)O)cc2Cl)cc1-c1ccccc1.CC(=O)Nc1ccc(Oc2c(Cl)cc(CC(=O)O)cc2Cl)cc1Br. The van der Waals surface area contributed by atoms with Crippen LogP contribution in [0.5, 0.6) is 23.0 Å². The van der Waals surface area contributed by atoms with Crippen LogP contribution in [-0.4, -0.2) is 34.0 Å². The van der Waals surface area contributed by atoms with Crippen molar-refractivity contribution in [1.82, 2.24) is 0 Å². The summed E-state index contributed by atoms with van der Waals surface area (Å²) in [6.45, 7) is 2.85. The zero-order valence-corrected chi connectivity index (χ0v) is 32.4. The van der Waals surface area contributed by atoms with E-state index in [1.54, 1.807) is 36.4 Å². The lowest BCUT2D eigenvalue weighted by molar-refractivity contribution is -0.137. The van der Waals surface area contributed by atoms with E-state index in [2.05, 4.69) is 26.6 Å². The first-order valence-electron chi connectivity index (χ1n) is 15.4. The lowest BCUT2D eigenvalue weighted by atomic mass is 10.0. The third-order valence-electron chi connectivity index (χ3n) is 6.90. The number of aliphatic carboxylic acids is 2. The molecule has 0 aromatic heterocycles. The Balaban J connectivity index is 0.000000241. The first-order valence-corrected chi connectivity index (χ1v) is 17.7. The number of carboxylic acids is 2. The normalized spacial score (nSPS) is 10.4. The minimum Gasteiger partial charge on any atom is -0.481 e. The summed E-state index contributed by atoms with van der Waals surface area (Å²) in [5, 5.41) is 24.1. The number of anilines is 2. The van der Waals surface area contributed by atoms with Crippen molar-refractivity contribution in [2.24, 2.45) is 0 Å². The summed E-state index contributed by atoms with van der Waals surface area (Å²) >= 11 is 28.1. The number of carbonyl (C=O) groups is 4. The number of carbonyl (C=O) groups excluding carboxylic acids is 2. The highest BCUT2D eigenvalue weighted by atomic mass is 79.9. The molecule has 0 aliphatic heterocycles. The number of halogens is 5. The molecule has 15 heteroatoms. The minimum absolute atomic E-state index is 0.184. The summed E-state index contributed by atoms with van der Waals surface area (Å²) in [6, 6.07) is 25.7. The van der Waals surface area contributed by atoms with Crippen molar-refractivity contribution in [1.29, 1.82) is 0 Å². The van der Waals surface area contributed by atoms with Gasteiger partial charge in [0.2, 0.25) is 11.8 Å². The van der Waals surface area contributed by atoms with Crippen molar-refractivity contribution in [2.75, 3.05) is 10.6 Å². The van der Waals surface area contributed by atoms with Crippen LogP contribution in [0.2, 0.25) is 20.1 Å². The van der Waals surface area contributed by atoms with Gasteiger partial charge in [0.05, 0.1) is 38.6 Å². The van der Waals surface area contributed by atoms with Crippen LogP contribution in [0.3, 0.4) is 0 Å². The third kappa shape index (κ3) is 12.1. The van der Waals surface area contributed by atoms with E-state index in [1.807, 2.05) is 30.3 Å². The Bertz CT molecular complexity index is 2140. The number of hydrogen-bond acceptors (Lipinski definition) is 6. The summed E-state index contributed by atoms with van der Waals surface area (Å²) in [5.41, 5.74) is 3.87. The molecule has 0 fully saturated rings. The van der Waals surface area contributed by atoms with Crippen LogP contribution in [0.15, 0.2) is 95.5 Å². The zero-order valence-electron chi connectivity index (χ0n) is 27.8. The maximum atomic E-state index is 11.6. The number of ether oxygens (including phenoxy) is 2. The van der Waals surface area contributed by atoms with Crippen molar-refractivity contribution in [3.05, 3.63) is 127 Å². The van der Waals surface area contributed by atoms with E-state index in [0.717, 1.165) is 11.1 Å². The van der Waals surface area contributed by atoms with E-state index in [0.29, 0.717) is 38.5 Å². The molecule has 5 aromatic rings. The molecule has 0 saturated carbocycles. The van der Waals surface area contributed by atoms with Gasteiger partial charge in [0, 0.05) is 29.6 Å². The lowest BCUT2D eigenvalue weighted by Gasteiger charge is -2.15. The van der Waals surface area contributed by atoms with Gasteiger partial charge < -0.3 is 30.3 Å². The Labute approximate surface area is 332 Å². The molecule has 0 spiro atoms. The van der Waals surface area contributed by atoms with Gasteiger partial charge in [-0.25, -0.2) is 0 Å². The van der Waals surface area contributed by atoms with Gasteiger partial charge >= 0.3 is 11.9 Å². The van der Waals surface area contributed by atoms with Gasteiger partial charge in [-0.2, -0.15) is 0 Å². The van der Waals surface area contributed by atoms with Crippen LogP contribution >= 0.6 is 62.3 Å². The number of carboxylic acid groups (broad SMARTS) is 2. The average Bonchev–Trinajstić information content (AvgIpc) is 3.06. The molecule has 0 saturated heterocycles. The Kier molecular flexibility index (Phi) is 14.5. The Hall–Kier alpha value is -4.78. The van der Waals surface area contributed by atoms with Crippen molar-refractivity contribution in [3.63, 3.8) is 0 Å². The molecular formula is C38H29BrCl4N2O8. The molecule has 10 nitrogen and oxygen atoms in total. The Morgan fingerprint density at radius 1 is 0.604 bits per heavy atom. The molecule has 0 radical (unpaired) electrons. The summed E-state index contributed by atoms with van der Waals surface area (Å²) in [5.74, 6) is -0.959. The standard InChI is InChI=1S/C22H17Cl2NO4.C16H12BrCl2NO4/c1-13(26)25-20-8-7-16(12-17(20)15-5-3-2-4-6-15)29-22-18(23)9-14(10-19(22)24)11-21(27)28;1-8(21)20-14-3-2-10(7-11(14)17)24-16-12(18)4-9(5-13(16)19)6-15(22)23/h2-10,12H,11H2,1H3,(H,25,26)(H,27,28);2-5,7H,6H2,1H3,(H,20,21)(H,22,23). The molecule has 0 unspecified atom stereocenters. The third-order valence-corrected chi connectivity index (χ3v) is 8.68. The molecule has 274 valence electrons. The molecular weight excluding hydrogens is 834 g/mol. The quantitative estimate of drug-likeness (QED) is 0.102. The molecule has 0 heterocycles. The molecule has 0 aliphatic rings. The first-order chi connectivity index (χ1) is 25.1. The topological polar surface area (TPSA) is 151 Å². The van der Waals surface area contributed by atoms with Gasteiger partial charge in [0.25, 0.3) is 0 Å². The van der Waals surface area contributed by atoms with Gasteiger partial charge in [-0.3, -0.25) is 19.2 Å². The van der Waals surface area contributed by atoms with Gasteiger partial charge in [0.15, 0.2) is 11.5 Å². The number of rotatable bonds is 11. The van der Waals surface area contributed by atoms with Crippen LogP contribution in [0.1, 0.15) is 25.0 Å². The zero-order chi connectivity index (χ0) is 38.8. The van der Waals surface area contributed by atoms with Gasteiger partial charge in [0.1, 0.15) is 11.5 Å². The van der Waals surface area contributed by atoms with E-state index in [4.69, 9.17) is 66.1 Å². The van der Waals surface area contributed by atoms with Crippen molar-refractivity contribution in [2.45, 2.75) is 26.7 Å². The molecule has 5 aromatic carbocycles. The lowest BCUT2D eigenvalue weighted by Crippen LogP contribution is -2.07. The first kappa shape index (κ1) is 41.0. The fourth-order valence-corrected chi connectivity index (χ4v) is 6.48. The summed E-state index contributed by atoms with van der Waals surface area (Å²) in [4.78, 5) is 44.3. The average molecular weight is 863 g/mol. The van der Waals surface area contributed by atoms with Crippen LogP contribution in [-0.2, 0) is 32.0 Å². The van der Waals surface area contributed by atoms with Crippen molar-refractivity contribution in [3.8, 4) is 34.1 Å². The number of amides is 2. The van der Waals surface area contributed by atoms with E-state index in [9.17, 15) is 19.2 Å². The molecule has 4 N–H and O–H groups in total. The summed E-state index contributed by atoms with van der Waals surface area (Å²) in [7, 11) is 0. The Morgan fingerprint density at radius 3 is 1.43 bits per heavy atom. The van der Waals surface area contributed by atoms with Gasteiger partial charge in [-0.1, -0.05) is 76.7 Å². The maximum Gasteiger partial charge on any atom is 0.307 e. The smallest absolute Gasteiger partial charge is 0.307 e. The fraction of sp³-hybridized carbons (Fsp3) is 0.105. The van der Waals surface area contributed by atoms with E-state index >= 15 is 0 Å². The minimum atomic E-state index is -0.980. The molecule has 53 heavy (non-hydrogen) atoms.